The van der Waals surface area contributed by atoms with Crippen molar-refractivity contribution in [3.8, 4) is 5.75 Å². The maximum Gasteiger partial charge on any atom is 0.408 e. The van der Waals surface area contributed by atoms with Gasteiger partial charge >= 0.3 is 6.09 Å². The van der Waals surface area contributed by atoms with E-state index in [0.29, 0.717) is 22.5 Å². The molecule has 1 unspecified atom stereocenters. The van der Waals surface area contributed by atoms with Gasteiger partial charge in [0.15, 0.2) is 23.2 Å². The molecule has 2 amide bonds. The van der Waals surface area contributed by atoms with Crippen LogP contribution in [0.25, 0.3) is 11.2 Å². The third-order valence-electron chi connectivity index (χ3n) is 6.28. The van der Waals surface area contributed by atoms with Crippen LogP contribution in [0.3, 0.4) is 0 Å². The van der Waals surface area contributed by atoms with Gasteiger partial charge in [-0.25, -0.2) is 19.7 Å². The molecule has 14 heteroatoms. The molecule has 2 aromatic heterocycles. The standard InChI is InChI=1S/C26H35N7O7/c1-26(2,3)40-25(38)30-16(10-14-6-8-15(35)9-7-14)23(37)31-18-17(11-34)39-24(20(18)36)33-13-29-19-21(32(4)5)27-12-28-22(19)33/h6-9,12-13,16-18,20,24,34-36H,10-11H2,1-5H3,(H,30,38)(H,31,37)/t16-,17?,18+,20+,24+/m0/s1. The van der Waals surface area contributed by atoms with Crippen LogP contribution in [0.2, 0.25) is 0 Å². The summed E-state index contributed by atoms with van der Waals surface area (Å²) in [6.07, 6.45) is -1.19. The number of nitrogens with one attached hydrogen (secondary N) is 2. The number of aromatic nitrogens is 4. The van der Waals surface area contributed by atoms with Gasteiger partial charge in [0.05, 0.1) is 19.0 Å². The Morgan fingerprint density at radius 3 is 2.50 bits per heavy atom. The highest BCUT2D eigenvalue weighted by molar-refractivity contribution is 5.86. The number of hydrogen-bond acceptors (Lipinski definition) is 11. The second-order valence-corrected chi connectivity index (χ2v) is 10.8. The van der Waals surface area contributed by atoms with Crippen LogP contribution >= 0.6 is 0 Å². The highest BCUT2D eigenvalue weighted by Crippen LogP contribution is 2.32. The Balaban J connectivity index is 1.56. The summed E-state index contributed by atoms with van der Waals surface area (Å²) in [6, 6.07) is 4.06. The van der Waals surface area contributed by atoms with E-state index in [1.165, 1.54) is 29.4 Å². The Morgan fingerprint density at radius 1 is 1.18 bits per heavy atom. The summed E-state index contributed by atoms with van der Waals surface area (Å²) < 4.78 is 12.8. The summed E-state index contributed by atoms with van der Waals surface area (Å²) in [6.45, 7) is 4.61. The number of phenols is 1. The number of phenolic OH excluding ortho intramolecular Hbond substituents is 1. The van der Waals surface area contributed by atoms with Crippen molar-refractivity contribution in [3.05, 3.63) is 42.5 Å². The maximum atomic E-state index is 13.5. The SMILES string of the molecule is CN(C)c1ncnc2c1ncn2[C@@H]1OC(CO)[C@@H](NC(=O)[C@H](Cc2ccc(O)cc2)NC(=O)OC(C)(C)C)[C@H]1O. The highest BCUT2D eigenvalue weighted by Gasteiger charge is 2.46. The number of carbonyl (C=O) groups is 2. The first-order valence-electron chi connectivity index (χ1n) is 12.7. The van der Waals surface area contributed by atoms with Gasteiger partial charge in [-0.15, -0.1) is 0 Å². The molecule has 5 N–H and O–H groups in total. The average Bonchev–Trinajstić information content (AvgIpc) is 3.44. The number of nitrogens with zero attached hydrogens (tertiary/aromatic N) is 5. The highest BCUT2D eigenvalue weighted by atomic mass is 16.6. The lowest BCUT2D eigenvalue weighted by atomic mass is 10.0. The Hall–Kier alpha value is -4.01. The first-order valence-corrected chi connectivity index (χ1v) is 12.7. The molecule has 0 spiro atoms. The van der Waals surface area contributed by atoms with Gasteiger partial charge in [-0.2, -0.15) is 0 Å². The maximum absolute atomic E-state index is 13.5. The van der Waals surface area contributed by atoms with Gasteiger partial charge in [-0.1, -0.05) is 12.1 Å². The van der Waals surface area contributed by atoms with Gasteiger partial charge in [0, 0.05) is 20.5 Å². The molecule has 0 radical (unpaired) electrons. The Kier molecular flexibility index (Phi) is 8.42. The van der Waals surface area contributed by atoms with E-state index < -0.39 is 54.7 Å². The van der Waals surface area contributed by atoms with Crippen molar-refractivity contribution < 1.29 is 34.4 Å². The van der Waals surface area contributed by atoms with E-state index in [9.17, 15) is 24.9 Å². The molecular weight excluding hydrogens is 522 g/mol. The van der Waals surface area contributed by atoms with Crippen LogP contribution in [-0.2, 0) is 20.7 Å². The molecule has 40 heavy (non-hydrogen) atoms. The second kappa shape index (κ2) is 11.6. The molecule has 4 rings (SSSR count). The number of aromatic hydroxyl groups is 1. The number of ether oxygens (including phenoxy) is 2. The van der Waals surface area contributed by atoms with Crippen LogP contribution in [0.5, 0.6) is 5.75 Å². The monoisotopic (exact) mass is 557 g/mol. The van der Waals surface area contributed by atoms with Crippen molar-refractivity contribution in [1.82, 2.24) is 30.2 Å². The third kappa shape index (κ3) is 6.41. The van der Waals surface area contributed by atoms with Crippen molar-refractivity contribution in [1.29, 1.82) is 0 Å². The zero-order valence-electron chi connectivity index (χ0n) is 23.0. The van der Waals surface area contributed by atoms with Crippen molar-refractivity contribution in [2.45, 2.75) is 63.3 Å². The number of aliphatic hydroxyl groups excluding tert-OH is 2. The molecule has 1 aromatic carbocycles. The summed E-state index contributed by atoms with van der Waals surface area (Å²) in [5.41, 5.74) is 0.767. The minimum absolute atomic E-state index is 0.0582. The predicted molar refractivity (Wildman–Crippen MR) is 144 cm³/mol. The Labute approximate surface area is 231 Å². The third-order valence-corrected chi connectivity index (χ3v) is 6.28. The fourth-order valence-electron chi connectivity index (χ4n) is 4.45. The number of hydrogen-bond donors (Lipinski definition) is 5. The van der Waals surface area contributed by atoms with Gasteiger partial charge in [0.2, 0.25) is 5.91 Å². The fraction of sp³-hybridized carbons (Fsp3) is 0.500. The van der Waals surface area contributed by atoms with Crippen LogP contribution in [0.4, 0.5) is 10.6 Å². The van der Waals surface area contributed by atoms with E-state index in [-0.39, 0.29) is 12.2 Å². The number of carbonyl (C=O) groups excluding carboxylic acids is 2. The van der Waals surface area contributed by atoms with Crippen molar-refractivity contribution in [3.63, 3.8) is 0 Å². The molecular formula is C26H35N7O7. The minimum atomic E-state index is -1.30. The average molecular weight is 558 g/mol. The number of rotatable bonds is 8. The topological polar surface area (TPSA) is 184 Å². The van der Waals surface area contributed by atoms with Gasteiger partial charge in [-0.05, 0) is 38.5 Å². The predicted octanol–water partition coefficient (Wildman–Crippen LogP) is 0.469. The number of anilines is 1. The summed E-state index contributed by atoms with van der Waals surface area (Å²) in [7, 11) is 3.63. The number of amides is 2. The van der Waals surface area contributed by atoms with Gasteiger partial charge in [-0.3, -0.25) is 9.36 Å². The van der Waals surface area contributed by atoms with Crippen LogP contribution in [0.1, 0.15) is 32.6 Å². The summed E-state index contributed by atoms with van der Waals surface area (Å²) in [4.78, 5) is 40.7. The summed E-state index contributed by atoms with van der Waals surface area (Å²) >= 11 is 0. The van der Waals surface area contributed by atoms with E-state index in [2.05, 4.69) is 25.6 Å². The van der Waals surface area contributed by atoms with E-state index in [4.69, 9.17) is 9.47 Å². The van der Waals surface area contributed by atoms with E-state index in [1.807, 2.05) is 14.1 Å². The molecule has 5 atom stereocenters. The molecule has 1 fully saturated rings. The first-order chi connectivity index (χ1) is 18.9. The Bertz CT molecular complexity index is 1340. The number of imidazole rings is 1. The minimum Gasteiger partial charge on any atom is -0.508 e. The van der Waals surface area contributed by atoms with E-state index in [0.717, 1.165) is 0 Å². The quantitative estimate of drug-likeness (QED) is 0.259. The van der Waals surface area contributed by atoms with Crippen LogP contribution in [0.15, 0.2) is 36.9 Å². The normalized spacial score (nSPS) is 21.7. The van der Waals surface area contributed by atoms with E-state index >= 15 is 0 Å². The molecule has 0 saturated carbocycles. The summed E-state index contributed by atoms with van der Waals surface area (Å²) in [5, 5.41) is 36.2. The largest absolute Gasteiger partial charge is 0.508 e. The van der Waals surface area contributed by atoms with Gasteiger partial charge < -0.3 is 40.3 Å². The molecule has 0 bridgehead atoms. The molecule has 1 aliphatic rings. The fourth-order valence-corrected chi connectivity index (χ4v) is 4.45. The van der Waals surface area contributed by atoms with Crippen LogP contribution < -0.4 is 15.5 Å². The molecule has 3 aromatic rings. The number of benzene rings is 1. The van der Waals surface area contributed by atoms with Crippen molar-refractivity contribution >= 4 is 29.0 Å². The van der Waals surface area contributed by atoms with Gasteiger partial charge in [0.1, 0.15) is 35.9 Å². The van der Waals surface area contributed by atoms with Crippen LogP contribution in [0, 0.1) is 0 Å². The lowest BCUT2D eigenvalue weighted by Gasteiger charge is -2.26. The van der Waals surface area contributed by atoms with Gasteiger partial charge in [0.25, 0.3) is 0 Å². The number of fused-ring (bicyclic) bond motifs is 1. The second-order valence-electron chi connectivity index (χ2n) is 10.8. The number of aliphatic hydroxyl groups is 2. The molecule has 14 nitrogen and oxygen atoms in total. The smallest absolute Gasteiger partial charge is 0.408 e. The van der Waals surface area contributed by atoms with Crippen molar-refractivity contribution in [2.24, 2.45) is 0 Å². The first kappa shape index (κ1) is 29.0. The molecule has 0 aliphatic carbocycles. The number of alkyl carbamates (subject to hydrolysis) is 1. The Morgan fingerprint density at radius 2 is 1.88 bits per heavy atom. The molecule has 1 saturated heterocycles. The molecule has 216 valence electrons. The lowest BCUT2D eigenvalue weighted by Crippen LogP contribution is -2.56. The van der Waals surface area contributed by atoms with E-state index in [1.54, 1.807) is 37.8 Å². The summed E-state index contributed by atoms with van der Waals surface area (Å²) in [5.74, 6) is 0.00591. The van der Waals surface area contributed by atoms with Crippen molar-refractivity contribution in [2.75, 3.05) is 25.6 Å². The molecule has 1 aliphatic heterocycles. The lowest BCUT2D eigenvalue weighted by molar-refractivity contribution is -0.125. The van der Waals surface area contributed by atoms with Crippen LogP contribution in [-0.4, -0.2) is 97.4 Å². The zero-order chi connectivity index (χ0) is 29.2. The zero-order valence-corrected chi connectivity index (χ0v) is 23.0. The molecule has 3 heterocycles.